The highest BCUT2D eigenvalue weighted by molar-refractivity contribution is 8.00. The first kappa shape index (κ1) is 15.1. The fourth-order valence-electron chi connectivity index (χ4n) is 1.88. The number of aliphatic carboxylic acids is 1. The zero-order chi connectivity index (χ0) is 13.9. The van der Waals surface area contributed by atoms with Gasteiger partial charge in [0.15, 0.2) is 0 Å². The number of amides is 1. The maximum absolute atomic E-state index is 12.0. The molecule has 4 nitrogen and oxygen atoms in total. The van der Waals surface area contributed by atoms with Crippen LogP contribution in [0.4, 0.5) is 13.2 Å². The second kappa shape index (κ2) is 5.81. The first-order valence-corrected chi connectivity index (χ1v) is 6.42. The number of piperidine rings is 1. The van der Waals surface area contributed by atoms with Gasteiger partial charge in [0, 0.05) is 12.6 Å². The molecule has 8 heteroatoms. The van der Waals surface area contributed by atoms with Crippen molar-refractivity contribution in [2.45, 2.75) is 31.3 Å². The van der Waals surface area contributed by atoms with Gasteiger partial charge < -0.3 is 10.0 Å². The SMILES string of the molecule is CC1CCC(C(=O)O)CN1C(=O)CSC(F)(F)F. The van der Waals surface area contributed by atoms with Crippen molar-refractivity contribution in [3.63, 3.8) is 0 Å². The lowest BCUT2D eigenvalue weighted by Gasteiger charge is -2.36. The molecular formula is C10H14F3NO3S. The largest absolute Gasteiger partial charge is 0.481 e. The van der Waals surface area contributed by atoms with Crippen molar-refractivity contribution >= 4 is 23.6 Å². The van der Waals surface area contributed by atoms with Gasteiger partial charge in [-0.2, -0.15) is 13.2 Å². The normalized spacial score (nSPS) is 25.0. The number of halogens is 3. The Kier molecular flexibility index (Phi) is 4.89. The third-order valence-corrected chi connectivity index (χ3v) is 3.63. The maximum atomic E-state index is 12.0. The molecule has 0 aromatic heterocycles. The summed E-state index contributed by atoms with van der Waals surface area (Å²) in [5, 5.41) is 8.86. The molecule has 1 saturated heterocycles. The summed E-state index contributed by atoms with van der Waals surface area (Å²) in [5.41, 5.74) is -4.44. The lowest BCUT2D eigenvalue weighted by atomic mass is 9.93. The first-order chi connectivity index (χ1) is 8.20. The molecule has 0 aliphatic carbocycles. The number of rotatable bonds is 3. The van der Waals surface area contributed by atoms with Gasteiger partial charge in [-0.05, 0) is 31.5 Å². The van der Waals surface area contributed by atoms with Gasteiger partial charge in [0.1, 0.15) is 0 Å². The Morgan fingerprint density at radius 2 is 2.00 bits per heavy atom. The fourth-order valence-corrected chi connectivity index (χ4v) is 2.34. The van der Waals surface area contributed by atoms with E-state index in [9.17, 15) is 22.8 Å². The van der Waals surface area contributed by atoms with Gasteiger partial charge in [0.2, 0.25) is 5.91 Å². The molecule has 18 heavy (non-hydrogen) atoms. The monoisotopic (exact) mass is 285 g/mol. The molecule has 1 rings (SSSR count). The van der Waals surface area contributed by atoms with Crippen molar-refractivity contribution in [1.82, 2.24) is 4.90 Å². The molecule has 1 aliphatic rings. The van der Waals surface area contributed by atoms with Crippen molar-refractivity contribution in [1.29, 1.82) is 0 Å². The Morgan fingerprint density at radius 3 is 2.50 bits per heavy atom. The molecule has 1 heterocycles. The summed E-state index contributed by atoms with van der Waals surface area (Å²) >= 11 is -0.392. The van der Waals surface area contributed by atoms with Crippen LogP contribution in [0.1, 0.15) is 19.8 Å². The van der Waals surface area contributed by atoms with Crippen LogP contribution in [0, 0.1) is 5.92 Å². The summed E-state index contributed by atoms with van der Waals surface area (Å²) in [6, 6.07) is -0.207. The summed E-state index contributed by atoms with van der Waals surface area (Å²) in [6.45, 7) is 1.71. The van der Waals surface area contributed by atoms with Crippen LogP contribution in [0.25, 0.3) is 0 Å². The van der Waals surface area contributed by atoms with E-state index in [4.69, 9.17) is 5.11 Å². The van der Waals surface area contributed by atoms with Crippen molar-refractivity contribution in [2.75, 3.05) is 12.3 Å². The highest BCUT2D eigenvalue weighted by atomic mass is 32.2. The molecule has 104 valence electrons. The van der Waals surface area contributed by atoms with Crippen LogP contribution >= 0.6 is 11.8 Å². The van der Waals surface area contributed by atoms with E-state index in [1.165, 1.54) is 4.90 Å². The number of carboxylic acid groups (broad SMARTS) is 1. The lowest BCUT2D eigenvalue weighted by Crippen LogP contribution is -2.48. The van der Waals surface area contributed by atoms with Crippen molar-refractivity contribution < 1.29 is 27.9 Å². The number of carbonyl (C=O) groups is 2. The van der Waals surface area contributed by atoms with E-state index in [0.29, 0.717) is 12.8 Å². The van der Waals surface area contributed by atoms with Crippen LogP contribution in [0.15, 0.2) is 0 Å². The van der Waals surface area contributed by atoms with E-state index in [0.717, 1.165) is 0 Å². The smallest absolute Gasteiger partial charge is 0.442 e. The van der Waals surface area contributed by atoms with Crippen LogP contribution in [0.5, 0.6) is 0 Å². The predicted molar refractivity (Wildman–Crippen MR) is 60.0 cm³/mol. The molecule has 0 spiro atoms. The Balaban J connectivity index is 2.57. The molecule has 2 unspecified atom stereocenters. The van der Waals surface area contributed by atoms with Crippen LogP contribution in [0.2, 0.25) is 0 Å². The minimum Gasteiger partial charge on any atom is -0.481 e. The number of carboxylic acids is 1. The standard InChI is InChI=1S/C10H14F3NO3S/c1-6-2-3-7(9(16)17)4-14(6)8(15)5-18-10(11,12)13/h6-7H,2-5H2,1H3,(H,16,17). The van der Waals surface area contributed by atoms with E-state index in [-0.39, 0.29) is 12.6 Å². The topological polar surface area (TPSA) is 57.6 Å². The quantitative estimate of drug-likeness (QED) is 0.861. The Labute approximate surface area is 107 Å². The maximum Gasteiger partial charge on any atom is 0.442 e. The lowest BCUT2D eigenvalue weighted by molar-refractivity contribution is -0.146. The van der Waals surface area contributed by atoms with Gasteiger partial charge in [-0.3, -0.25) is 9.59 Å². The van der Waals surface area contributed by atoms with Gasteiger partial charge in [0.25, 0.3) is 0 Å². The van der Waals surface area contributed by atoms with E-state index in [1.54, 1.807) is 6.92 Å². The van der Waals surface area contributed by atoms with E-state index < -0.39 is 40.8 Å². The number of hydrogen-bond acceptors (Lipinski definition) is 3. The average molecular weight is 285 g/mol. The zero-order valence-electron chi connectivity index (χ0n) is 9.74. The minimum atomic E-state index is -4.44. The molecular weight excluding hydrogens is 271 g/mol. The molecule has 1 N–H and O–H groups in total. The van der Waals surface area contributed by atoms with E-state index >= 15 is 0 Å². The molecule has 1 fully saturated rings. The molecule has 0 radical (unpaired) electrons. The minimum absolute atomic E-state index is 0.00620. The van der Waals surface area contributed by atoms with Gasteiger partial charge in [-0.25, -0.2) is 0 Å². The van der Waals surface area contributed by atoms with Crippen LogP contribution in [-0.4, -0.2) is 45.7 Å². The van der Waals surface area contributed by atoms with Gasteiger partial charge >= 0.3 is 11.5 Å². The fraction of sp³-hybridized carbons (Fsp3) is 0.800. The number of nitrogens with zero attached hydrogens (tertiary/aromatic N) is 1. The van der Waals surface area contributed by atoms with Crippen molar-refractivity contribution in [3.8, 4) is 0 Å². The second-order valence-corrected chi connectivity index (χ2v) is 5.28. The second-order valence-electron chi connectivity index (χ2n) is 4.24. The van der Waals surface area contributed by atoms with Crippen LogP contribution in [0.3, 0.4) is 0 Å². The Hall–Kier alpha value is -0.920. The summed E-state index contributed by atoms with van der Waals surface area (Å²) in [4.78, 5) is 23.7. The number of alkyl halides is 3. The number of thioether (sulfide) groups is 1. The molecule has 0 aromatic rings. The van der Waals surface area contributed by atoms with Gasteiger partial charge in [0.05, 0.1) is 11.7 Å². The molecule has 1 amide bonds. The van der Waals surface area contributed by atoms with Crippen LogP contribution < -0.4 is 0 Å². The summed E-state index contributed by atoms with van der Waals surface area (Å²) in [6.07, 6.45) is 0.950. The van der Waals surface area contributed by atoms with E-state index in [2.05, 4.69) is 0 Å². The van der Waals surface area contributed by atoms with E-state index in [1.807, 2.05) is 0 Å². The van der Waals surface area contributed by atoms with Crippen molar-refractivity contribution in [2.24, 2.45) is 5.92 Å². The Morgan fingerprint density at radius 1 is 1.39 bits per heavy atom. The number of carbonyl (C=O) groups excluding carboxylic acids is 1. The number of likely N-dealkylation sites (tertiary alicyclic amines) is 1. The highest BCUT2D eigenvalue weighted by Gasteiger charge is 2.35. The highest BCUT2D eigenvalue weighted by Crippen LogP contribution is 2.31. The summed E-state index contributed by atoms with van der Waals surface area (Å²) in [5.74, 6) is -3.04. The average Bonchev–Trinajstić information content (AvgIpc) is 2.25. The Bertz CT molecular complexity index is 335. The molecule has 0 bridgehead atoms. The first-order valence-electron chi connectivity index (χ1n) is 5.43. The molecule has 0 saturated carbocycles. The molecule has 2 atom stereocenters. The van der Waals surface area contributed by atoms with Gasteiger partial charge in [-0.15, -0.1) is 0 Å². The third-order valence-electron chi connectivity index (χ3n) is 2.91. The van der Waals surface area contributed by atoms with Crippen molar-refractivity contribution in [3.05, 3.63) is 0 Å². The molecule has 1 aliphatic heterocycles. The zero-order valence-corrected chi connectivity index (χ0v) is 10.6. The molecule has 0 aromatic carbocycles. The predicted octanol–water partition coefficient (Wildman–Crippen LogP) is 1.95. The van der Waals surface area contributed by atoms with Crippen LogP contribution in [-0.2, 0) is 9.59 Å². The third kappa shape index (κ3) is 4.40. The summed E-state index contributed by atoms with van der Waals surface area (Å²) in [7, 11) is 0. The summed E-state index contributed by atoms with van der Waals surface area (Å²) < 4.78 is 36.0. The van der Waals surface area contributed by atoms with Gasteiger partial charge in [-0.1, -0.05) is 0 Å². The number of hydrogen-bond donors (Lipinski definition) is 1.